The van der Waals surface area contributed by atoms with Gasteiger partial charge in [-0.25, -0.2) is 0 Å². The van der Waals surface area contributed by atoms with Crippen molar-refractivity contribution in [3.8, 4) is 0 Å². The Morgan fingerprint density at radius 2 is 1.35 bits per heavy atom. The number of aliphatic hydroxyl groups is 8. The molecular weight excluding hydrogens is 676 g/mol. The molecule has 13 heteroatoms. The fourth-order valence-corrected chi connectivity index (χ4v) is 13.7. The lowest BCUT2D eigenvalue weighted by molar-refractivity contribution is -0.429. The number of hydrogen-bond acceptors (Lipinski definition) is 13. The molecule has 4 saturated heterocycles. The summed E-state index contributed by atoms with van der Waals surface area (Å²) in [4.78, 5) is 0. The Kier molecular flexibility index (Phi) is 9.59. The summed E-state index contributed by atoms with van der Waals surface area (Å²) < 4.78 is 32.9. The number of ether oxygens (including phenoxy) is 5. The van der Waals surface area contributed by atoms with E-state index in [9.17, 15) is 40.9 Å². The van der Waals surface area contributed by atoms with Crippen LogP contribution in [0.3, 0.4) is 0 Å². The number of rotatable bonds is 3. The van der Waals surface area contributed by atoms with Crippen LogP contribution < -0.4 is 0 Å². The molecule has 8 fully saturated rings. The number of aliphatic hydroxyl groups excluding tert-OH is 8. The highest BCUT2D eigenvalue weighted by molar-refractivity contribution is 5.18. The fraction of sp³-hybridized carbons (Fsp3) is 1.00. The second-order valence-corrected chi connectivity index (χ2v) is 19.2. The van der Waals surface area contributed by atoms with Crippen LogP contribution in [0.25, 0.3) is 0 Å². The second kappa shape index (κ2) is 13.0. The third-order valence-corrected chi connectivity index (χ3v) is 16.4. The summed E-state index contributed by atoms with van der Waals surface area (Å²) in [5.41, 5.74) is -0.355. The molecule has 0 amide bonds. The molecule has 4 heterocycles. The van der Waals surface area contributed by atoms with Gasteiger partial charge in [-0.15, -0.1) is 0 Å². The molecule has 13 nitrogen and oxygen atoms in total. The highest BCUT2D eigenvalue weighted by atomic mass is 16.8. The van der Waals surface area contributed by atoms with Crippen LogP contribution in [0.2, 0.25) is 0 Å². The molecule has 8 aliphatic rings. The van der Waals surface area contributed by atoms with E-state index in [0.717, 1.165) is 25.7 Å². The summed E-state index contributed by atoms with van der Waals surface area (Å²) in [7, 11) is 0. The van der Waals surface area contributed by atoms with Gasteiger partial charge < -0.3 is 64.5 Å². The largest absolute Gasteiger partial charge is 0.393 e. The zero-order valence-electron chi connectivity index (χ0n) is 31.5. The van der Waals surface area contributed by atoms with Crippen molar-refractivity contribution in [3.63, 3.8) is 0 Å². The Morgan fingerprint density at radius 3 is 2.06 bits per heavy atom. The standard InChI is InChI=1S/C39H64O13/c1-16-11-27(41)38(48-15-16)17(2)28-26(52-38)14-23-21-13-25(24-12-20(40)7-9-36(24,5)22(21)8-10-37(23,28)6)51-39(34(47)32(45)30(43)19(4)50-39)35-33(46)31(44)29(42)18(3)49-35/h16-35,40-47H,7-15H2,1-6H3/t16-,17-,18-,19-,20-,21+,22-,23-,24+,25-,26-,27-,28-,29-,30-,31-,32-,33-,34+,35-,36+,37-,38-,39-/m0/s1. The molecule has 0 aromatic carbocycles. The molecule has 0 bridgehead atoms. The minimum Gasteiger partial charge on any atom is -0.393 e. The molecule has 0 radical (unpaired) electrons. The first-order chi connectivity index (χ1) is 24.4. The normalized spacial score (nSPS) is 63.3. The van der Waals surface area contributed by atoms with Gasteiger partial charge >= 0.3 is 0 Å². The van der Waals surface area contributed by atoms with Gasteiger partial charge in [0.2, 0.25) is 5.79 Å². The smallest absolute Gasteiger partial charge is 0.227 e. The molecule has 8 rings (SSSR count). The van der Waals surface area contributed by atoms with Crippen LogP contribution in [0.15, 0.2) is 0 Å². The van der Waals surface area contributed by atoms with Crippen molar-refractivity contribution in [1.29, 1.82) is 0 Å². The SMILES string of the molecule is C[C@@H]1CO[C@@]2(O[C@H]3C[C@H]4[C@@H]5C[C@H](O[C@@]6([C@H]7O[C@@H](C)[C@H](O)[C@H](O)[C@@H]7O)O[C@@H](C)[C@H](O)[C@H](O)[C@H]6O)[C@H]6C[C@@H](O)CC[C@]6(C)[C@H]5CC[C@]4(C)[C@H]3[C@@H]2C)[C@@H](O)C1. The van der Waals surface area contributed by atoms with E-state index >= 15 is 0 Å². The van der Waals surface area contributed by atoms with Gasteiger partial charge in [0.1, 0.15) is 48.8 Å². The fourth-order valence-electron chi connectivity index (χ4n) is 13.7. The maximum atomic E-state index is 11.9. The molecule has 1 spiro atoms. The highest BCUT2D eigenvalue weighted by Gasteiger charge is 2.72. The van der Waals surface area contributed by atoms with Gasteiger partial charge in [-0.05, 0) is 112 Å². The first-order valence-electron chi connectivity index (χ1n) is 20.2. The monoisotopic (exact) mass is 740 g/mol. The van der Waals surface area contributed by atoms with E-state index in [0.29, 0.717) is 38.2 Å². The van der Waals surface area contributed by atoms with Crippen molar-refractivity contribution >= 4 is 0 Å². The summed E-state index contributed by atoms with van der Waals surface area (Å²) in [6, 6.07) is 0. The van der Waals surface area contributed by atoms with Crippen molar-refractivity contribution in [2.45, 2.75) is 184 Å². The Bertz CT molecular complexity index is 1340. The number of fused-ring (bicyclic) bond motifs is 7. The number of hydrogen-bond donors (Lipinski definition) is 8. The van der Waals surface area contributed by atoms with E-state index in [1.165, 1.54) is 6.92 Å². The zero-order valence-corrected chi connectivity index (χ0v) is 31.5. The van der Waals surface area contributed by atoms with Crippen molar-refractivity contribution in [2.24, 2.45) is 52.3 Å². The van der Waals surface area contributed by atoms with Crippen LogP contribution in [0, 0.1) is 52.3 Å². The van der Waals surface area contributed by atoms with Gasteiger partial charge in [0.25, 0.3) is 0 Å². The molecule has 4 aliphatic carbocycles. The second-order valence-electron chi connectivity index (χ2n) is 19.2. The van der Waals surface area contributed by atoms with E-state index in [1.807, 2.05) is 0 Å². The molecule has 24 atom stereocenters. The predicted molar refractivity (Wildman–Crippen MR) is 183 cm³/mol. The Hall–Kier alpha value is -0.520. The molecular formula is C39H64O13. The average molecular weight is 741 g/mol. The lowest BCUT2D eigenvalue weighted by Crippen LogP contribution is -2.76. The topological polar surface area (TPSA) is 208 Å². The van der Waals surface area contributed by atoms with E-state index in [-0.39, 0.29) is 52.4 Å². The van der Waals surface area contributed by atoms with E-state index in [2.05, 4.69) is 27.7 Å². The molecule has 0 unspecified atom stereocenters. The lowest BCUT2D eigenvalue weighted by atomic mass is 9.43. The predicted octanol–water partition coefficient (Wildman–Crippen LogP) is 0.827. The summed E-state index contributed by atoms with van der Waals surface area (Å²) in [5.74, 6) is -2.20. The van der Waals surface area contributed by atoms with Crippen LogP contribution in [0.4, 0.5) is 0 Å². The molecule has 298 valence electrons. The first-order valence-corrected chi connectivity index (χ1v) is 20.2. The third-order valence-electron chi connectivity index (χ3n) is 16.4. The van der Waals surface area contributed by atoms with Gasteiger partial charge in [-0.2, -0.15) is 0 Å². The van der Waals surface area contributed by atoms with Gasteiger partial charge in [-0.1, -0.05) is 27.7 Å². The van der Waals surface area contributed by atoms with Crippen LogP contribution >= 0.6 is 0 Å². The lowest BCUT2D eigenvalue weighted by Gasteiger charge is -2.64. The molecule has 52 heavy (non-hydrogen) atoms. The minimum absolute atomic E-state index is 0.00693. The van der Waals surface area contributed by atoms with Gasteiger partial charge in [0.15, 0.2) is 5.79 Å². The van der Waals surface area contributed by atoms with Crippen LogP contribution in [0.1, 0.15) is 92.9 Å². The molecule has 4 saturated carbocycles. The van der Waals surface area contributed by atoms with E-state index in [1.54, 1.807) is 6.92 Å². The third kappa shape index (κ3) is 5.27. The average Bonchev–Trinajstić information content (AvgIpc) is 3.56. The van der Waals surface area contributed by atoms with Crippen molar-refractivity contribution < 1.29 is 64.5 Å². The maximum Gasteiger partial charge on any atom is 0.227 e. The Morgan fingerprint density at radius 1 is 0.654 bits per heavy atom. The van der Waals surface area contributed by atoms with Crippen molar-refractivity contribution in [3.05, 3.63) is 0 Å². The molecule has 0 aromatic rings. The molecule has 4 aliphatic heterocycles. The Balaban J connectivity index is 1.16. The molecule has 8 N–H and O–H groups in total. The molecule has 0 aromatic heterocycles. The maximum absolute atomic E-state index is 11.9. The summed E-state index contributed by atoms with van der Waals surface area (Å²) in [6.45, 7) is 12.6. The van der Waals surface area contributed by atoms with Gasteiger partial charge in [0, 0.05) is 5.92 Å². The van der Waals surface area contributed by atoms with E-state index < -0.39 is 84.8 Å². The summed E-state index contributed by atoms with van der Waals surface area (Å²) >= 11 is 0. The van der Waals surface area contributed by atoms with E-state index in [4.69, 9.17) is 23.7 Å². The van der Waals surface area contributed by atoms with Gasteiger partial charge in [-0.3, -0.25) is 0 Å². The highest BCUT2D eigenvalue weighted by Crippen LogP contribution is 2.72. The summed E-state index contributed by atoms with van der Waals surface area (Å²) in [6.07, 6.45) is -9.47. The summed E-state index contributed by atoms with van der Waals surface area (Å²) in [5, 5.41) is 89.2. The van der Waals surface area contributed by atoms with Crippen molar-refractivity contribution in [2.75, 3.05) is 6.61 Å². The van der Waals surface area contributed by atoms with Gasteiger partial charge in [0.05, 0.1) is 37.1 Å². The zero-order chi connectivity index (χ0) is 37.4. The van der Waals surface area contributed by atoms with Crippen molar-refractivity contribution in [1.82, 2.24) is 0 Å². The Labute approximate surface area is 306 Å². The quantitative estimate of drug-likeness (QED) is 0.189. The van der Waals surface area contributed by atoms with Crippen LogP contribution in [-0.2, 0) is 23.7 Å². The van der Waals surface area contributed by atoms with Crippen LogP contribution in [-0.4, -0.2) is 138 Å². The first kappa shape index (κ1) is 38.4. The minimum atomic E-state index is -2.23. The van der Waals surface area contributed by atoms with Crippen LogP contribution in [0.5, 0.6) is 0 Å².